The number of carbonyl (C=O) groups is 2. The Morgan fingerprint density at radius 1 is 1.15 bits per heavy atom. The van der Waals surface area contributed by atoms with Crippen LogP contribution in [0.2, 0.25) is 0 Å². The minimum Gasteiger partial charge on any atom is -0.480 e. The summed E-state index contributed by atoms with van der Waals surface area (Å²) in [6.45, 7) is 6.20. The molecule has 148 valence electrons. The summed E-state index contributed by atoms with van der Waals surface area (Å²) in [4.78, 5) is 28.9. The van der Waals surface area contributed by atoms with E-state index >= 15 is 0 Å². The summed E-state index contributed by atoms with van der Waals surface area (Å²) >= 11 is 3.49. The minimum absolute atomic E-state index is 0.0228. The van der Waals surface area contributed by atoms with Crippen molar-refractivity contribution >= 4 is 27.7 Å². The standard InChI is InChI=1S/C21H29BrN2O3/c1-15-7-8-19(18(22)13-15)27-16(2)21(26)24-11-9-23(10-12-24)20(25)14-17-5-3-4-6-17/h7-8,13,16-17H,3-6,9-12,14H2,1-2H3. The summed E-state index contributed by atoms with van der Waals surface area (Å²) in [5, 5.41) is 0. The maximum atomic E-state index is 12.7. The number of benzene rings is 1. The van der Waals surface area contributed by atoms with Crippen LogP contribution in [0, 0.1) is 12.8 Å². The van der Waals surface area contributed by atoms with Gasteiger partial charge < -0.3 is 14.5 Å². The van der Waals surface area contributed by atoms with Crippen molar-refractivity contribution in [3.05, 3.63) is 28.2 Å². The second-order valence-corrected chi connectivity index (χ2v) is 8.61. The van der Waals surface area contributed by atoms with E-state index in [2.05, 4.69) is 15.9 Å². The first-order valence-electron chi connectivity index (χ1n) is 9.93. The van der Waals surface area contributed by atoms with Gasteiger partial charge in [-0.25, -0.2) is 0 Å². The number of hydrogen-bond acceptors (Lipinski definition) is 3. The molecule has 1 saturated carbocycles. The van der Waals surface area contributed by atoms with E-state index in [1.165, 1.54) is 25.7 Å². The molecule has 3 rings (SSSR count). The van der Waals surface area contributed by atoms with E-state index in [4.69, 9.17) is 4.74 Å². The average molecular weight is 437 g/mol. The fourth-order valence-electron chi connectivity index (χ4n) is 3.97. The summed E-state index contributed by atoms with van der Waals surface area (Å²) in [6, 6.07) is 5.82. The van der Waals surface area contributed by atoms with E-state index in [9.17, 15) is 9.59 Å². The third-order valence-electron chi connectivity index (χ3n) is 5.62. The molecule has 2 amide bonds. The van der Waals surface area contributed by atoms with Gasteiger partial charge in [0.05, 0.1) is 4.47 Å². The molecule has 1 aliphatic heterocycles. The van der Waals surface area contributed by atoms with Crippen molar-refractivity contribution in [2.24, 2.45) is 5.92 Å². The number of nitrogens with zero attached hydrogens (tertiary/aromatic N) is 2. The Morgan fingerprint density at radius 2 is 1.78 bits per heavy atom. The van der Waals surface area contributed by atoms with Crippen LogP contribution in [0.25, 0.3) is 0 Å². The number of aryl methyl sites for hydroxylation is 1. The quantitative estimate of drug-likeness (QED) is 0.705. The van der Waals surface area contributed by atoms with Crippen LogP contribution in [0.3, 0.4) is 0 Å². The first-order valence-corrected chi connectivity index (χ1v) is 10.7. The fraction of sp³-hybridized carbons (Fsp3) is 0.619. The van der Waals surface area contributed by atoms with Crippen molar-refractivity contribution in [3.8, 4) is 5.75 Å². The van der Waals surface area contributed by atoms with Crippen LogP contribution in [-0.4, -0.2) is 53.9 Å². The molecule has 1 aliphatic carbocycles. The van der Waals surface area contributed by atoms with Crippen molar-refractivity contribution in [3.63, 3.8) is 0 Å². The van der Waals surface area contributed by atoms with E-state index < -0.39 is 6.10 Å². The molecule has 1 heterocycles. The molecule has 6 heteroatoms. The number of ether oxygens (including phenoxy) is 1. The maximum Gasteiger partial charge on any atom is 0.263 e. The predicted octanol–water partition coefficient (Wildman–Crippen LogP) is 3.78. The molecule has 0 radical (unpaired) electrons. The van der Waals surface area contributed by atoms with Gasteiger partial charge in [-0.2, -0.15) is 0 Å². The lowest BCUT2D eigenvalue weighted by molar-refractivity contribution is -0.144. The Morgan fingerprint density at radius 3 is 2.41 bits per heavy atom. The first-order chi connectivity index (χ1) is 12.9. The maximum absolute atomic E-state index is 12.7. The minimum atomic E-state index is -0.551. The second-order valence-electron chi connectivity index (χ2n) is 7.75. The molecule has 1 unspecified atom stereocenters. The van der Waals surface area contributed by atoms with Crippen LogP contribution in [0.4, 0.5) is 0 Å². The van der Waals surface area contributed by atoms with Gasteiger partial charge in [0.2, 0.25) is 5.91 Å². The predicted molar refractivity (Wildman–Crippen MR) is 109 cm³/mol. The van der Waals surface area contributed by atoms with Gasteiger partial charge in [0.15, 0.2) is 6.10 Å². The van der Waals surface area contributed by atoms with Crippen molar-refractivity contribution in [1.29, 1.82) is 0 Å². The SMILES string of the molecule is Cc1ccc(OC(C)C(=O)N2CCN(C(=O)CC3CCCC3)CC2)c(Br)c1. The smallest absolute Gasteiger partial charge is 0.263 e. The largest absolute Gasteiger partial charge is 0.480 e. The van der Waals surface area contributed by atoms with Gasteiger partial charge in [0.1, 0.15) is 5.75 Å². The molecule has 1 aromatic rings. The second kappa shape index (κ2) is 9.09. The van der Waals surface area contributed by atoms with E-state index in [1.807, 2.05) is 34.9 Å². The van der Waals surface area contributed by atoms with Crippen LogP contribution >= 0.6 is 15.9 Å². The lowest BCUT2D eigenvalue weighted by atomic mass is 10.0. The van der Waals surface area contributed by atoms with E-state index in [0.717, 1.165) is 10.0 Å². The topological polar surface area (TPSA) is 49.9 Å². The van der Waals surface area contributed by atoms with Crippen LogP contribution in [0.15, 0.2) is 22.7 Å². The van der Waals surface area contributed by atoms with Gasteiger partial charge in [-0.05, 0) is 66.2 Å². The highest BCUT2D eigenvalue weighted by molar-refractivity contribution is 9.10. The van der Waals surface area contributed by atoms with Crippen molar-refractivity contribution in [2.45, 2.75) is 52.1 Å². The highest BCUT2D eigenvalue weighted by atomic mass is 79.9. The van der Waals surface area contributed by atoms with Gasteiger partial charge >= 0.3 is 0 Å². The van der Waals surface area contributed by atoms with Crippen LogP contribution < -0.4 is 4.74 Å². The van der Waals surface area contributed by atoms with E-state index in [-0.39, 0.29) is 11.8 Å². The Bertz CT molecular complexity index is 680. The molecular formula is C21H29BrN2O3. The van der Waals surface area contributed by atoms with Crippen molar-refractivity contribution in [1.82, 2.24) is 9.80 Å². The first kappa shape index (κ1) is 20.2. The van der Waals surface area contributed by atoms with Crippen LogP contribution in [0.5, 0.6) is 5.75 Å². The number of carbonyl (C=O) groups excluding carboxylic acids is 2. The lowest BCUT2D eigenvalue weighted by Gasteiger charge is -2.36. The molecule has 5 nitrogen and oxygen atoms in total. The molecule has 0 spiro atoms. The zero-order valence-corrected chi connectivity index (χ0v) is 17.8. The van der Waals surface area contributed by atoms with Crippen molar-refractivity contribution in [2.75, 3.05) is 26.2 Å². The van der Waals surface area contributed by atoms with E-state index in [1.54, 1.807) is 6.92 Å². The van der Waals surface area contributed by atoms with Gasteiger partial charge in [-0.1, -0.05) is 18.9 Å². The molecule has 1 atom stereocenters. The molecule has 0 N–H and O–H groups in total. The average Bonchev–Trinajstić information content (AvgIpc) is 3.16. The third-order valence-corrected chi connectivity index (χ3v) is 6.24. The summed E-state index contributed by atoms with van der Waals surface area (Å²) in [7, 11) is 0. The molecule has 1 saturated heterocycles. The van der Waals surface area contributed by atoms with Gasteiger partial charge in [0, 0.05) is 32.6 Å². The Balaban J connectivity index is 1.47. The molecule has 2 fully saturated rings. The molecule has 2 aliphatic rings. The zero-order chi connectivity index (χ0) is 19.4. The third kappa shape index (κ3) is 5.24. The van der Waals surface area contributed by atoms with Gasteiger partial charge in [-0.3, -0.25) is 9.59 Å². The Kier molecular flexibility index (Phi) is 6.79. The normalized spacial score (nSPS) is 19.2. The number of halogens is 1. The monoisotopic (exact) mass is 436 g/mol. The molecule has 0 aromatic heterocycles. The van der Waals surface area contributed by atoms with Crippen LogP contribution in [0.1, 0.15) is 44.6 Å². The fourth-order valence-corrected chi connectivity index (χ4v) is 4.55. The summed E-state index contributed by atoms with van der Waals surface area (Å²) in [5.41, 5.74) is 1.13. The van der Waals surface area contributed by atoms with Crippen LogP contribution in [-0.2, 0) is 9.59 Å². The lowest BCUT2D eigenvalue weighted by Crippen LogP contribution is -2.53. The molecule has 27 heavy (non-hydrogen) atoms. The Labute approximate surface area is 170 Å². The number of rotatable bonds is 5. The van der Waals surface area contributed by atoms with E-state index in [0.29, 0.717) is 44.3 Å². The van der Waals surface area contributed by atoms with Gasteiger partial charge in [-0.15, -0.1) is 0 Å². The molecular weight excluding hydrogens is 408 g/mol. The number of hydrogen-bond donors (Lipinski definition) is 0. The summed E-state index contributed by atoms with van der Waals surface area (Å²) in [5.74, 6) is 1.47. The van der Waals surface area contributed by atoms with Gasteiger partial charge in [0.25, 0.3) is 5.91 Å². The zero-order valence-electron chi connectivity index (χ0n) is 16.2. The van der Waals surface area contributed by atoms with Crippen molar-refractivity contribution < 1.29 is 14.3 Å². The molecule has 0 bridgehead atoms. The molecule has 1 aromatic carbocycles. The summed E-state index contributed by atoms with van der Waals surface area (Å²) < 4.78 is 6.71. The highest BCUT2D eigenvalue weighted by Gasteiger charge is 2.29. The number of amides is 2. The Hall–Kier alpha value is -1.56. The number of piperazine rings is 1. The highest BCUT2D eigenvalue weighted by Crippen LogP contribution is 2.29. The summed E-state index contributed by atoms with van der Waals surface area (Å²) in [6.07, 6.45) is 5.02.